The van der Waals surface area contributed by atoms with Crippen molar-refractivity contribution in [3.8, 4) is 5.75 Å². The van der Waals surface area contributed by atoms with Gasteiger partial charge < -0.3 is 9.52 Å². The topological polar surface area (TPSA) is 50.4 Å². The van der Waals surface area contributed by atoms with E-state index in [-0.39, 0.29) is 5.75 Å². The summed E-state index contributed by atoms with van der Waals surface area (Å²) in [5.41, 5.74) is -0.474. The lowest BCUT2D eigenvalue weighted by Crippen LogP contribution is -1.98. The second-order valence-corrected chi connectivity index (χ2v) is 3.77. The summed E-state index contributed by atoms with van der Waals surface area (Å²) in [6.45, 7) is 2.17. The normalized spacial score (nSPS) is 10.5. The molecule has 0 saturated heterocycles. The summed E-state index contributed by atoms with van der Waals surface area (Å²) in [5.74, 6) is 0.575. The van der Waals surface area contributed by atoms with Crippen LogP contribution >= 0.6 is 0 Å². The van der Waals surface area contributed by atoms with Crippen molar-refractivity contribution in [2.24, 2.45) is 0 Å². The summed E-state index contributed by atoms with van der Waals surface area (Å²) < 4.78 is 4.95. The molecule has 84 valence electrons. The molecule has 1 aromatic heterocycles. The first kappa shape index (κ1) is 11.8. The van der Waals surface area contributed by atoms with Gasteiger partial charge in [0.1, 0.15) is 11.5 Å². The molecule has 0 bridgehead atoms. The highest BCUT2D eigenvalue weighted by molar-refractivity contribution is 5.18. The fourth-order valence-corrected chi connectivity index (χ4v) is 1.54. The Morgan fingerprint density at radius 1 is 1.20 bits per heavy atom. The molecule has 0 amide bonds. The summed E-state index contributed by atoms with van der Waals surface area (Å²) in [7, 11) is 0. The third kappa shape index (κ3) is 4.68. The van der Waals surface area contributed by atoms with Crippen LogP contribution in [0.2, 0.25) is 0 Å². The first-order chi connectivity index (χ1) is 7.22. The Morgan fingerprint density at radius 2 is 1.93 bits per heavy atom. The molecule has 15 heavy (non-hydrogen) atoms. The molecule has 3 heteroatoms. The summed E-state index contributed by atoms with van der Waals surface area (Å²) >= 11 is 0. The van der Waals surface area contributed by atoms with E-state index in [9.17, 15) is 9.90 Å². The maximum absolute atomic E-state index is 10.9. The van der Waals surface area contributed by atoms with E-state index in [2.05, 4.69) is 6.92 Å². The third-order valence-electron chi connectivity index (χ3n) is 2.33. The number of rotatable bonds is 6. The highest BCUT2D eigenvalue weighted by atomic mass is 16.4. The van der Waals surface area contributed by atoms with Gasteiger partial charge in [-0.2, -0.15) is 0 Å². The molecule has 0 radical (unpaired) electrons. The van der Waals surface area contributed by atoms with E-state index < -0.39 is 5.63 Å². The first-order valence-corrected chi connectivity index (χ1v) is 5.55. The van der Waals surface area contributed by atoms with Crippen molar-refractivity contribution in [1.82, 2.24) is 0 Å². The number of aromatic hydroxyl groups is 1. The average Bonchev–Trinajstić information content (AvgIpc) is 2.16. The highest BCUT2D eigenvalue weighted by Crippen LogP contribution is 2.11. The number of aryl methyl sites for hydroxylation is 1. The van der Waals surface area contributed by atoms with Crippen LogP contribution in [0, 0.1) is 0 Å². The lowest BCUT2D eigenvalue weighted by Gasteiger charge is -2.00. The highest BCUT2D eigenvalue weighted by Gasteiger charge is 2.00. The molecule has 0 aromatic carbocycles. The van der Waals surface area contributed by atoms with Crippen LogP contribution in [0.1, 0.15) is 44.8 Å². The van der Waals surface area contributed by atoms with E-state index in [1.807, 2.05) is 0 Å². The smallest absolute Gasteiger partial charge is 0.339 e. The van der Waals surface area contributed by atoms with Gasteiger partial charge in [0.2, 0.25) is 0 Å². The van der Waals surface area contributed by atoms with Crippen molar-refractivity contribution in [1.29, 1.82) is 0 Å². The second kappa shape index (κ2) is 6.27. The molecule has 1 N–H and O–H groups in total. The van der Waals surface area contributed by atoms with Gasteiger partial charge in [0.05, 0.1) is 6.07 Å². The number of hydrogen-bond acceptors (Lipinski definition) is 3. The molecular formula is C12H18O3. The fourth-order valence-electron chi connectivity index (χ4n) is 1.54. The molecule has 0 spiro atoms. The van der Waals surface area contributed by atoms with Crippen LogP contribution in [-0.4, -0.2) is 5.11 Å². The minimum Gasteiger partial charge on any atom is -0.508 e. The van der Waals surface area contributed by atoms with Crippen molar-refractivity contribution in [3.63, 3.8) is 0 Å². The molecule has 1 heterocycles. The zero-order chi connectivity index (χ0) is 11.1. The van der Waals surface area contributed by atoms with Gasteiger partial charge in [0, 0.05) is 12.5 Å². The molecule has 0 atom stereocenters. The summed E-state index contributed by atoms with van der Waals surface area (Å²) in [6.07, 6.45) is 6.58. The largest absolute Gasteiger partial charge is 0.508 e. The summed E-state index contributed by atoms with van der Waals surface area (Å²) in [6, 6.07) is 2.60. The van der Waals surface area contributed by atoms with E-state index in [4.69, 9.17) is 4.42 Å². The van der Waals surface area contributed by atoms with Crippen molar-refractivity contribution >= 4 is 0 Å². The molecule has 3 nitrogen and oxygen atoms in total. The van der Waals surface area contributed by atoms with Gasteiger partial charge in [-0.3, -0.25) is 0 Å². The van der Waals surface area contributed by atoms with E-state index in [1.54, 1.807) is 0 Å². The molecule has 1 rings (SSSR count). The Labute approximate surface area is 89.7 Å². The van der Waals surface area contributed by atoms with Gasteiger partial charge in [-0.05, 0) is 6.42 Å². The summed E-state index contributed by atoms with van der Waals surface area (Å²) in [4.78, 5) is 10.9. The van der Waals surface area contributed by atoms with Crippen LogP contribution < -0.4 is 5.63 Å². The minimum atomic E-state index is -0.474. The molecule has 0 fully saturated rings. The second-order valence-electron chi connectivity index (χ2n) is 3.77. The van der Waals surface area contributed by atoms with Crippen molar-refractivity contribution in [2.45, 2.75) is 45.4 Å². The molecule has 0 aliphatic rings. The molecule has 0 saturated carbocycles. The Balaban J connectivity index is 2.34. The third-order valence-corrected chi connectivity index (χ3v) is 2.33. The van der Waals surface area contributed by atoms with Crippen LogP contribution in [0.15, 0.2) is 21.3 Å². The number of hydrogen-bond donors (Lipinski definition) is 1. The van der Waals surface area contributed by atoms with E-state index in [0.717, 1.165) is 25.3 Å². The Morgan fingerprint density at radius 3 is 2.60 bits per heavy atom. The predicted molar refractivity (Wildman–Crippen MR) is 59.1 cm³/mol. The minimum absolute atomic E-state index is 0.00481. The average molecular weight is 210 g/mol. The van der Waals surface area contributed by atoms with Crippen LogP contribution in [0.5, 0.6) is 5.75 Å². The Kier molecular flexibility index (Phi) is 4.95. The van der Waals surface area contributed by atoms with Gasteiger partial charge in [-0.25, -0.2) is 4.79 Å². The molecule has 0 aliphatic carbocycles. The SMILES string of the molecule is CCCCCCCc1cc(O)cc(=O)o1. The van der Waals surface area contributed by atoms with Gasteiger partial charge in [0.25, 0.3) is 0 Å². The van der Waals surface area contributed by atoms with Gasteiger partial charge >= 0.3 is 5.63 Å². The van der Waals surface area contributed by atoms with E-state index in [0.29, 0.717) is 5.76 Å². The lowest BCUT2D eigenvalue weighted by molar-refractivity contribution is 0.418. The first-order valence-electron chi connectivity index (χ1n) is 5.55. The monoisotopic (exact) mass is 210 g/mol. The summed E-state index contributed by atoms with van der Waals surface area (Å²) in [5, 5.41) is 9.17. The van der Waals surface area contributed by atoms with E-state index >= 15 is 0 Å². The standard InChI is InChI=1S/C12H18O3/c1-2-3-4-5-6-7-11-8-10(13)9-12(14)15-11/h8-9,13H,2-7H2,1H3. The molecular weight excluding hydrogens is 192 g/mol. The molecule has 1 aromatic rings. The van der Waals surface area contributed by atoms with Crippen LogP contribution in [0.4, 0.5) is 0 Å². The van der Waals surface area contributed by atoms with Gasteiger partial charge in [-0.1, -0.05) is 32.6 Å². The quantitative estimate of drug-likeness (QED) is 0.734. The lowest BCUT2D eigenvalue weighted by atomic mass is 10.1. The maximum atomic E-state index is 10.9. The van der Waals surface area contributed by atoms with Crippen molar-refractivity contribution in [2.75, 3.05) is 0 Å². The fraction of sp³-hybridized carbons (Fsp3) is 0.583. The molecule has 0 aliphatic heterocycles. The molecule has 0 unspecified atom stereocenters. The zero-order valence-corrected chi connectivity index (χ0v) is 9.16. The predicted octanol–water partition coefficient (Wildman–Crippen LogP) is 2.86. The Hall–Kier alpha value is -1.25. The van der Waals surface area contributed by atoms with Gasteiger partial charge in [-0.15, -0.1) is 0 Å². The van der Waals surface area contributed by atoms with Crippen LogP contribution in [0.3, 0.4) is 0 Å². The Bertz CT molecular complexity index is 341. The van der Waals surface area contributed by atoms with Crippen molar-refractivity contribution < 1.29 is 9.52 Å². The van der Waals surface area contributed by atoms with Crippen LogP contribution in [0.25, 0.3) is 0 Å². The maximum Gasteiger partial charge on any atom is 0.339 e. The van der Waals surface area contributed by atoms with Gasteiger partial charge in [0.15, 0.2) is 0 Å². The number of unbranched alkanes of at least 4 members (excludes halogenated alkanes) is 4. The van der Waals surface area contributed by atoms with Crippen molar-refractivity contribution in [3.05, 3.63) is 28.3 Å². The zero-order valence-electron chi connectivity index (χ0n) is 9.16. The van der Waals surface area contributed by atoms with E-state index in [1.165, 1.54) is 25.3 Å². The van der Waals surface area contributed by atoms with Crippen LogP contribution in [-0.2, 0) is 6.42 Å².